The number of ether oxygens (including phenoxy) is 2. The van der Waals surface area contributed by atoms with Gasteiger partial charge in [-0.2, -0.15) is 0 Å². The van der Waals surface area contributed by atoms with Crippen molar-refractivity contribution in [1.29, 1.82) is 0 Å². The van der Waals surface area contributed by atoms with Gasteiger partial charge in [-0.3, -0.25) is 14.4 Å². The molecule has 2 amide bonds. The lowest BCUT2D eigenvalue weighted by molar-refractivity contribution is -0.131. The maximum atomic E-state index is 12.5. The molecule has 0 saturated heterocycles. The fourth-order valence-electron chi connectivity index (χ4n) is 2.75. The summed E-state index contributed by atoms with van der Waals surface area (Å²) in [7, 11) is 0. The van der Waals surface area contributed by atoms with E-state index in [1.807, 2.05) is 24.3 Å². The van der Waals surface area contributed by atoms with Crippen LogP contribution < -0.4 is 20.1 Å². The van der Waals surface area contributed by atoms with Crippen LogP contribution in [0, 0.1) is 0 Å². The molecule has 31 heavy (non-hydrogen) atoms. The fourth-order valence-corrected chi connectivity index (χ4v) is 2.75. The Morgan fingerprint density at radius 2 is 1.58 bits per heavy atom. The van der Waals surface area contributed by atoms with E-state index in [0.717, 1.165) is 5.56 Å². The number of hydrogen-bond acceptors (Lipinski definition) is 5. The number of carbonyl (C=O) groups excluding carboxylic acids is 3. The summed E-state index contributed by atoms with van der Waals surface area (Å²) in [5, 5.41) is 5.58. The number of esters is 1. The second-order valence-corrected chi connectivity index (χ2v) is 6.65. The summed E-state index contributed by atoms with van der Waals surface area (Å²) in [5.41, 5.74) is 1.75. The van der Waals surface area contributed by atoms with E-state index in [1.54, 1.807) is 48.5 Å². The second kappa shape index (κ2) is 10.6. The van der Waals surface area contributed by atoms with Crippen LogP contribution in [0.25, 0.3) is 0 Å². The summed E-state index contributed by atoms with van der Waals surface area (Å²) < 4.78 is 10.4. The highest BCUT2D eigenvalue weighted by atomic mass is 16.5. The van der Waals surface area contributed by atoms with E-state index in [0.29, 0.717) is 29.3 Å². The molecule has 158 valence electrons. The van der Waals surface area contributed by atoms with Gasteiger partial charge >= 0.3 is 5.97 Å². The van der Waals surface area contributed by atoms with Crippen LogP contribution in [0.3, 0.4) is 0 Å². The molecule has 0 aromatic heterocycles. The molecule has 3 aromatic carbocycles. The standard InChI is InChI=1S/C24H22N2O5/c1-17(27)31-22-12-6-8-19(14-22)24(29)26-20-9-5-7-18(13-20)15-25-23(28)16-30-21-10-3-2-4-11-21/h2-14H,15-16H2,1H3,(H,25,28)(H,26,29). The Balaban J connectivity index is 1.53. The predicted molar refractivity (Wildman–Crippen MR) is 116 cm³/mol. The van der Waals surface area contributed by atoms with Gasteiger partial charge in [0.15, 0.2) is 6.61 Å². The molecule has 0 atom stereocenters. The van der Waals surface area contributed by atoms with Crippen LogP contribution in [-0.2, 0) is 16.1 Å². The third kappa shape index (κ3) is 7.01. The molecule has 2 N–H and O–H groups in total. The van der Waals surface area contributed by atoms with Crippen molar-refractivity contribution in [3.63, 3.8) is 0 Å². The average molecular weight is 418 g/mol. The minimum atomic E-state index is -0.457. The first-order valence-corrected chi connectivity index (χ1v) is 9.63. The van der Waals surface area contributed by atoms with Crippen molar-refractivity contribution in [2.24, 2.45) is 0 Å². The zero-order chi connectivity index (χ0) is 22.1. The van der Waals surface area contributed by atoms with Gasteiger partial charge in [0, 0.05) is 24.7 Å². The van der Waals surface area contributed by atoms with Crippen molar-refractivity contribution in [2.45, 2.75) is 13.5 Å². The Hall–Kier alpha value is -4.13. The van der Waals surface area contributed by atoms with Crippen molar-refractivity contribution < 1.29 is 23.9 Å². The maximum absolute atomic E-state index is 12.5. The molecule has 3 aromatic rings. The van der Waals surface area contributed by atoms with Crippen molar-refractivity contribution in [3.8, 4) is 11.5 Å². The zero-order valence-corrected chi connectivity index (χ0v) is 17.0. The van der Waals surface area contributed by atoms with Gasteiger partial charge < -0.3 is 20.1 Å². The Morgan fingerprint density at radius 1 is 0.839 bits per heavy atom. The molecular formula is C24H22N2O5. The summed E-state index contributed by atoms with van der Waals surface area (Å²) >= 11 is 0. The van der Waals surface area contributed by atoms with E-state index in [4.69, 9.17) is 9.47 Å². The van der Waals surface area contributed by atoms with Crippen molar-refractivity contribution >= 4 is 23.5 Å². The fraction of sp³-hybridized carbons (Fsp3) is 0.125. The van der Waals surface area contributed by atoms with Crippen LogP contribution in [0.5, 0.6) is 11.5 Å². The summed E-state index contributed by atoms with van der Waals surface area (Å²) in [6.07, 6.45) is 0. The van der Waals surface area contributed by atoms with E-state index < -0.39 is 5.97 Å². The lowest BCUT2D eigenvalue weighted by Crippen LogP contribution is -2.28. The Morgan fingerprint density at radius 3 is 2.35 bits per heavy atom. The number of hydrogen-bond donors (Lipinski definition) is 2. The molecule has 0 radical (unpaired) electrons. The number of para-hydroxylation sites is 1. The SMILES string of the molecule is CC(=O)Oc1cccc(C(=O)Nc2cccc(CNC(=O)COc3ccccc3)c2)c1. The number of anilines is 1. The van der Waals surface area contributed by atoms with Crippen LogP contribution in [0.4, 0.5) is 5.69 Å². The van der Waals surface area contributed by atoms with Crippen LogP contribution >= 0.6 is 0 Å². The summed E-state index contributed by atoms with van der Waals surface area (Å²) in [6, 6.07) is 22.6. The highest BCUT2D eigenvalue weighted by molar-refractivity contribution is 6.04. The summed E-state index contributed by atoms with van der Waals surface area (Å²) in [6.45, 7) is 1.51. The van der Waals surface area contributed by atoms with Crippen LogP contribution in [0.15, 0.2) is 78.9 Å². The highest BCUT2D eigenvalue weighted by Crippen LogP contribution is 2.16. The van der Waals surface area contributed by atoms with Gasteiger partial charge in [0.2, 0.25) is 0 Å². The number of nitrogens with one attached hydrogen (secondary N) is 2. The Labute approximate surface area is 180 Å². The third-order valence-corrected chi connectivity index (χ3v) is 4.15. The Kier molecular flexibility index (Phi) is 7.37. The lowest BCUT2D eigenvalue weighted by atomic mass is 10.1. The van der Waals surface area contributed by atoms with E-state index >= 15 is 0 Å². The van der Waals surface area contributed by atoms with Crippen molar-refractivity contribution in [2.75, 3.05) is 11.9 Å². The molecule has 0 aliphatic heterocycles. The van der Waals surface area contributed by atoms with Gasteiger partial charge in [0.05, 0.1) is 0 Å². The van der Waals surface area contributed by atoms with Gasteiger partial charge in [0.25, 0.3) is 11.8 Å². The molecule has 0 unspecified atom stereocenters. The second-order valence-electron chi connectivity index (χ2n) is 6.65. The monoisotopic (exact) mass is 418 g/mol. The molecule has 0 saturated carbocycles. The first kappa shape index (κ1) is 21.6. The largest absolute Gasteiger partial charge is 0.484 e. The van der Waals surface area contributed by atoms with Crippen LogP contribution in [-0.4, -0.2) is 24.4 Å². The molecule has 7 heteroatoms. The van der Waals surface area contributed by atoms with E-state index in [-0.39, 0.29) is 18.4 Å². The minimum Gasteiger partial charge on any atom is -0.484 e. The van der Waals surface area contributed by atoms with Crippen LogP contribution in [0.2, 0.25) is 0 Å². The number of rotatable bonds is 8. The smallest absolute Gasteiger partial charge is 0.308 e. The van der Waals surface area contributed by atoms with Crippen molar-refractivity contribution in [1.82, 2.24) is 5.32 Å². The molecule has 0 bridgehead atoms. The normalized spacial score (nSPS) is 10.1. The molecular weight excluding hydrogens is 396 g/mol. The van der Waals surface area contributed by atoms with E-state index in [1.165, 1.54) is 13.0 Å². The molecule has 0 aliphatic rings. The van der Waals surface area contributed by atoms with E-state index in [9.17, 15) is 14.4 Å². The predicted octanol–water partition coefficient (Wildman–Crippen LogP) is 3.56. The summed E-state index contributed by atoms with van der Waals surface area (Å²) in [5.74, 6) is -0.122. The van der Waals surface area contributed by atoms with E-state index in [2.05, 4.69) is 10.6 Å². The Bertz CT molecular complexity index is 1070. The molecule has 3 rings (SSSR count). The number of benzene rings is 3. The maximum Gasteiger partial charge on any atom is 0.308 e. The first-order chi connectivity index (χ1) is 15.0. The van der Waals surface area contributed by atoms with Gasteiger partial charge in [-0.1, -0.05) is 36.4 Å². The van der Waals surface area contributed by atoms with Gasteiger partial charge in [-0.25, -0.2) is 0 Å². The van der Waals surface area contributed by atoms with Crippen molar-refractivity contribution in [3.05, 3.63) is 90.0 Å². The zero-order valence-electron chi connectivity index (χ0n) is 17.0. The number of amides is 2. The highest BCUT2D eigenvalue weighted by Gasteiger charge is 2.09. The van der Waals surface area contributed by atoms with Gasteiger partial charge in [0.1, 0.15) is 11.5 Å². The molecule has 7 nitrogen and oxygen atoms in total. The van der Waals surface area contributed by atoms with Gasteiger partial charge in [-0.15, -0.1) is 0 Å². The summed E-state index contributed by atoms with van der Waals surface area (Å²) in [4.78, 5) is 35.6. The number of carbonyl (C=O) groups is 3. The third-order valence-electron chi connectivity index (χ3n) is 4.15. The first-order valence-electron chi connectivity index (χ1n) is 9.63. The molecule has 0 heterocycles. The molecule has 0 aliphatic carbocycles. The minimum absolute atomic E-state index is 0.0842. The van der Waals surface area contributed by atoms with Crippen LogP contribution in [0.1, 0.15) is 22.8 Å². The molecule has 0 fully saturated rings. The van der Waals surface area contributed by atoms with Gasteiger partial charge in [-0.05, 0) is 48.0 Å². The topological polar surface area (TPSA) is 93.7 Å². The molecule has 0 spiro atoms. The quantitative estimate of drug-likeness (QED) is 0.431. The average Bonchev–Trinajstić information content (AvgIpc) is 2.77. The lowest BCUT2D eigenvalue weighted by Gasteiger charge is -2.10.